The van der Waals surface area contributed by atoms with Crippen LogP contribution in [0.1, 0.15) is 63.5 Å². The van der Waals surface area contributed by atoms with Crippen LogP contribution >= 0.6 is 0 Å². The standard InChI is InChI=1S/C17H23F3O/c1-2-3-4-11-5-7-12(8-6-11)17(21)13-9-15(19)16(20)10-14(13)18/h9-12,17,21H,2-8H2,1H3. The highest BCUT2D eigenvalue weighted by atomic mass is 19.2. The van der Waals surface area contributed by atoms with Gasteiger partial charge in [0, 0.05) is 11.6 Å². The molecule has 0 amide bonds. The molecule has 1 aliphatic carbocycles. The molecule has 0 saturated heterocycles. The monoisotopic (exact) mass is 300 g/mol. The van der Waals surface area contributed by atoms with Crippen LogP contribution < -0.4 is 0 Å². The third kappa shape index (κ3) is 4.00. The summed E-state index contributed by atoms with van der Waals surface area (Å²) in [6.07, 6.45) is 6.23. The summed E-state index contributed by atoms with van der Waals surface area (Å²) in [7, 11) is 0. The molecule has 1 aliphatic rings. The summed E-state index contributed by atoms with van der Waals surface area (Å²) >= 11 is 0. The lowest BCUT2D eigenvalue weighted by Gasteiger charge is -2.31. The Morgan fingerprint density at radius 1 is 1.05 bits per heavy atom. The molecule has 0 bridgehead atoms. The fourth-order valence-electron chi connectivity index (χ4n) is 3.30. The third-order valence-corrected chi connectivity index (χ3v) is 4.66. The highest BCUT2D eigenvalue weighted by Crippen LogP contribution is 2.39. The Bertz CT molecular complexity index is 467. The highest BCUT2D eigenvalue weighted by molar-refractivity contribution is 5.23. The number of rotatable bonds is 5. The van der Waals surface area contributed by atoms with Crippen molar-refractivity contribution in [1.82, 2.24) is 0 Å². The van der Waals surface area contributed by atoms with Gasteiger partial charge in [0.05, 0.1) is 6.10 Å². The van der Waals surface area contributed by atoms with E-state index >= 15 is 0 Å². The largest absolute Gasteiger partial charge is 0.388 e. The van der Waals surface area contributed by atoms with Crippen molar-refractivity contribution in [3.63, 3.8) is 0 Å². The van der Waals surface area contributed by atoms with Crippen LogP contribution in [0.4, 0.5) is 13.2 Å². The molecule has 118 valence electrons. The Morgan fingerprint density at radius 2 is 1.67 bits per heavy atom. The molecule has 4 heteroatoms. The summed E-state index contributed by atoms with van der Waals surface area (Å²) in [6, 6.07) is 1.30. The summed E-state index contributed by atoms with van der Waals surface area (Å²) in [5.41, 5.74) is -0.120. The van der Waals surface area contributed by atoms with Crippen LogP contribution in [0, 0.1) is 29.3 Å². The molecule has 1 aromatic rings. The zero-order valence-corrected chi connectivity index (χ0v) is 12.4. The van der Waals surface area contributed by atoms with Crippen LogP contribution in [0.3, 0.4) is 0 Å². The summed E-state index contributed by atoms with van der Waals surface area (Å²) < 4.78 is 39.9. The molecule has 0 spiro atoms. The number of hydrogen-bond acceptors (Lipinski definition) is 1. The molecule has 1 saturated carbocycles. The number of unbranched alkanes of at least 4 members (excludes halogenated alkanes) is 1. The third-order valence-electron chi connectivity index (χ3n) is 4.66. The lowest BCUT2D eigenvalue weighted by Crippen LogP contribution is -2.21. The zero-order valence-electron chi connectivity index (χ0n) is 12.4. The second kappa shape index (κ2) is 7.30. The van der Waals surface area contributed by atoms with Gasteiger partial charge in [-0.2, -0.15) is 0 Å². The number of aliphatic hydroxyl groups excluding tert-OH is 1. The minimum Gasteiger partial charge on any atom is -0.388 e. The van der Waals surface area contributed by atoms with Gasteiger partial charge in [-0.05, 0) is 30.7 Å². The molecule has 0 aromatic heterocycles. The lowest BCUT2D eigenvalue weighted by atomic mass is 9.76. The predicted molar refractivity (Wildman–Crippen MR) is 76.2 cm³/mol. The summed E-state index contributed by atoms with van der Waals surface area (Å²) in [6.45, 7) is 2.17. The van der Waals surface area contributed by atoms with Crippen molar-refractivity contribution in [2.75, 3.05) is 0 Å². The lowest BCUT2D eigenvalue weighted by molar-refractivity contribution is 0.0687. The van der Waals surface area contributed by atoms with Gasteiger partial charge in [0.25, 0.3) is 0 Å². The molecule has 2 rings (SSSR count). The van der Waals surface area contributed by atoms with Crippen molar-refractivity contribution in [2.24, 2.45) is 11.8 Å². The van der Waals surface area contributed by atoms with Crippen LogP contribution in [0.15, 0.2) is 12.1 Å². The minimum absolute atomic E-state index is 0.0674. The van der Waals surface area contributed by atoms with E-state index in [2.05, 4.69) is 6.92 Å². The van der Waals surface area contributed by atoms with E-state index in [1.54, 1.807) is 0 Å². The van der Waals surface area contributed by atoms with Crippen molar-refractivity contribution in [3.8, 4) is 0 Å². The molecule has 1 aromatic carbocycles. The van der Waals surface area contributed by atoms with E-state index in [1.165, 1.54) is 19.3 Å². The van der Waals surface area contributed by atoms with Crippen LogP contribution in [-0.2, 0) is 0 Å². The minimum atomic E-state index is -1.22. The first kappa shape index (κ1) is 16.3. The van der Waals surface area contributed by atoms with Gasteiger partial charge in [0.1, 0.15) is 5.82 Å². The second-order valence-corrected chi connectivity index (χ2v) is 6.16. The molecule has 0 heterocycles. The first-order chi connectivity index (χ1) is 10.0. The van der Waals surface area contributed by atoms with Crippen LogP contribution in [0.2, 0.25) is 0 Å². The number of hydrogen-bond donors (Lipinski definition) is 1. The van der Waals surface area contributed by atoms with Crippen molar-refractivity contribution >= 4 is 0 Å². The van der Waals surface area contributed by atoms with Crippen molar-refractivity contribution in [2.45, 2.75) is 58.0 Å². The Kier molecular flexibility index (Phi) is 5.68. The summed E-state index contributed by atoms with van der Waals surface area (Å²) in [4.78, 5) is 0. The van der Waals surface area contributed by atoms with Gasteiger partial charge in [-0.15, -0.1) is 0 Å². The predicted octanol–water partition coefficient (Wildman–Crippen LogP) is 5.13. The summed E-state index contributed by atoms with van der Waals surface area (Å²) in [5, 5.41) is 10.3. The van der Waals surface area contributed by atoms with E-state index in [4.69, 9.17) is 0 Å². The maximum Gasteiger partial charge on any atom is 0.161 e. The van der Waals surface area contributed by atoms with E-state index in [1.807, 2.05) is 0 Å². The molecule has 1 nitrogen and oxygen atoms in total. The summed E-state index contributed by atoms with van der Waals surface area (Å²) in [5.74, 6) is -2.58. The molecule has 1 N–H and O–H groups in total. The van der Waals surface area contributed by atoms with Gasteiger partial charge >= 0.3 is 0 Å². The van der Waals surface area contributed by atoms with Crippen molar-refractivity contribution in [3.05, 3.63) is 35.1 Å². The SMILES string of the molecule is CCCCC1CCC(C(O)c2cc(F)c(F)cc2F)CC1. The van der Waals surface area contributed by atoms with E-state index in [0.29, 0.717) is 12.0 Å². The molecular formula is C17H23F3O. The quantitative estimate of drug-likeness (QED) is 0.747. The van der Waals surface area contributed by atoms with E-state index in [9.17, 15) is 18.3 Å². The molecular weight excluding hydrogens is 277 g/mol. The first-order valence-electron chi connectivity index (χ1n) is 7.85. The maximum atomic E-state index is 13.7. The van der Waals surface area contributed by atoms with E-state index in [0.717, 1.165) is 31.7 Å². The Labute approximate surface area is 124 Å². The molecule has 0 radical (unpaired) electrons. The number of benzene rings is 1. The number of aliphatic hydroxyl groups is 1. The maximum absolute atomic E-state index is 13.7. The van der Waals surface area contributed by atoms with E-state index in [-0.39, 0.29) is 11.5 Å². The average Bonchev–Trinajstić information content (AvgIpc) is 2.48. The Morgan fingerprint density at radius 3 is 2.29 bits per heavy atom. The zero-order chi connectivity index (χ0) is 15.4. The Hall–Kier alpha value is -1.03. The van der Waals surface area contributed by atoms with Crippen LogP contribution in [-0.4, -0.2) is 5.11 Å². The molecule has 1 fully saturated rings. The Balaban J connectivity index is 1.99. The molecule has 1 unspecified atom stereocenters. The van der Waals surface area contributed by atoms with Crippen LogP contribution in [0.5, 0.6) is 0 Å². The van der Waals surface area contributed by atoms with Crippen LogP contribution in [0.25, 0.3) is 0 Å². The first-order valence-corrected chi connectivity index (χ1v) is 7.85. The van der Waals surface area contributed by atoms with Gasteiger partial charge in [0.15, 0.2) is 11.6 Å². The van der Waals surface area contributed by atoms with Gasteiger partial charge in [0.2, 0.25) is 0 Å². The number of halogens is 3. The fraction of sp³-hybridized carbons (Fsp3) is 0.647. The van der Waals surface area contributed by atoms with Crippen molar-refractivity contribution in [1.29, 1.82) is 0 Å². The molecule has 0 aliphatic heterocycles. The van der Waals surface area contributed by atoms with Gasteiger partial charge in [-0.3, -0.25) is 0 Å². The van der Waals surface area contributed by atoms with Gasteiger partial charge < -0.3 is 5.11 Å². The molecule has 21 heavy (non-hydrogen) atoms. The normalized spacial score (nSPS) is 24.0. The highest BCUT2D eigenvalue weighted by Gasteiger charge is 2.29. The smallest absolute Gasteiger partial charge is 0.161 e. The second-order valence-electron chi connectivity index (χ2n) is 6.16. The van der Waals surface area contributed by atoms with E-state index < -0.39 is 23.6 Å². The fourth-order valence-corrected chi connectivity index (χ4v) is 3.30. The molecule has 1 atom stereocenters. The van der Waals surface area contributed by atoms with Crippen molar-refractivity contribution < 1.29 is 18.3 Å². The van der Waals surface area contributed by atoms with Gasteiger partial charge in [-0.25, -0.2) is 13.2 Å². The van der Waals surface area contributed by atoms with Gasteiger partial charge in [-0.1, -0.05) is 39.0 Å². The topological polar surface area (TPSA) is 20.2 Å². The average molecular weight is 300 g/mol.